The summed E-state index contributed by atoms with van der Waals surface area (Å²) in [6.45, 7) is 3.53. The molecule has 7 nitrogen and oxygen atoms in total. The van der Waals surface area contributed by atoms with Gasteiger partial charge in [-0.25, -0.2) is 13.2 Å². The maximum Gasteiger partial charge on any atom is 0.326 e. The summed E-state index contributed by atoms with van der Waals surface area (Å²) in [5.74, 6) is -2.21. The Balaban J connectivity index is 4.52. The highest BCUT2D eigenvalue weighted by atomic mass is 32.2. The van der Waals surface area contributed by atoms with Crippen LogP contribution in [0.2, 0.25) is 0 Å². The lowest BCUT2D eigenvalue weighted by Crippen LogP contribution is -2.51. The fourth-order valence-corrected chi connectivity index (χ4v) is 2.10. The van der Waals surface area contributed by atoms with E-state index in [4.69, 9.17) is 10.8 Å². The van der Waals surface area contributed by atoms with E-state index in [1.165, 1.54) is 0 Å². The smallest absolute Gasteiger partial charge is 0.326 e. The number of carboxylic acids is 1. The molecule has 8 heteroatoms. The summed E-state index contributed by atoms with van der Waals surface area (Å²) in [5.41, 5.74) is 5.55. The molecule has 112 valence electrons. The van der Waals surface area contributed by atoms with Crippen LogP contribution in [0.25, 0.3) is 0 Å². The minimum Gasteiger partial charge on any atom is -0.480 e. The average molecular weight is 294 g/mol. The van der Waals surface area contributed by atoms with Crippen LogP contribution in [0.1, 0.15) is 26.7 Å². The van der Waals surface area contributed by atoms with Crippen molar-refractivity contribution < 1.29 is 23.1 Å². The lowest BCUT2D eigenvalue weighted by molar-refractivity contribution is -0.143. The number of amides is 1. The molecule has 0 fully saturated rings. The van der Waals surface area contributed by atoms with Gasteiger partial charge in [-0.1, -0.05) is 20.3 Å². The Morgan fingerprint density at radius 1 is 1.37 bits per heavy atom. The maximum atomic E-state index is 11.7. The van der Waals surface area contributed by atoms with E-state index in [9.17, 15) is 18.0 Å². The number of nitrogens with two attached hydrogens (primary N) is 1. The first-order valence-electron chi connectivity index (χ1n) is 6.05. The molecule has 3 atom stereocenters. The summed E-state index contributed by atoms with van der Waals surface area (Å²) < 4.78 is 21.9. The molecule has 4 N–H and O–H groups in total. The molecule has 0 aromatic carbocycles. The van der Waals surface area contributed by atoms with E-state index in [0.29, 0.717) is 6.42 Å². The van der Waals surface area contributed by atoms with E-state index >= 15 is 0 Å². The van der Waals surface area contributed by atoms with Crippen molar-refractivity contribution in [1.29, 1.82) is 0 Å². The third kappa shape index (κ3) is 7.12. The number of carbonyl (C=O) groups excluding carboxylic acids is 1. The Kier molecular flexibility index (Phi) is 6.99. The lowest BCUT2D eigenvalue weighted by atomic mass is 9.99. The maximum absolute atomic E-state index is 11.7. The Hall–Kier alpha value is -1.15. The quantitative estimate of drug-likeness (QED) is 0.547. The van der Waals surface area contributed by atoms with Gasteiger partial charge in [0, 0.05) is 6.26 Å². The first-order valence-corrected chi connectivity index (χ1v) is 8.11. The van der Waals surface area contributed by atoms with Gasteiger partial charge in [-0.2, -0.15) is 0 Å². The van der Waals surface area contributed by atoms with E-state index in [-0.39, 0.29) is 18.1 Å². The average Bonchev–Trinajstić information content (AvgIpc) is 2.30. The highest BCUT2D eigenvalue weighted by Gasteiger charge is 2.27. The van der Waals surface area contributed by atoms with Crippen molar-refractivity contribution in [2.75, 3.05) is 12.0 Å². The molecule has 0 rings (SSSR count). The molecule has 2 unspecified atom stereocenters. The molecule has 0 aromatic rings. The summed E-state index contributed by atoms with van der Waals surface area (Å²) in [6.07, 6.45) is 1.62. The van der Waals surface area contributed by atoms with Gasteiger partial charge in [0.15, 0.2) is 0 Å². The van der Waals surface area contributed by atoms with Crippen LogP contribution in [-0.2, 0) is 19.4 Å². The third-order valence-electron chi connectivity index (χ3n) is 2.91. The predicted octanol–water partition coefficient (Wildman–Crippen LogP) is -0.636. The lowest BCUT2D eigenvalue weighted by Gasteiger charge is -2.22. The van der Waals surface area contributed by atoms with Gasteiger partial charge in [0.25, 0.3) is 0 Å². The molecule has 0 aliphatic carbocycles. The summed E-state index contributed by atoms with van der Waals surface area (Å²) in [7, 11) is -3.19. The Morgan fingerprint density at radius 2 is 1.89 bits per heavy atom. The monoisotopic (exact) mass is 294 g/mol. The van der Waals surface area contributed by atoms with Crippen LogP contribution in [0.3, 0.4) is 0 Å². The van der Waals surface area contributed by atoms with E-state index in [0.717, 1.165) is 6.26 Å². The second kappa shape index (κ2) is 7.44. The molecule has 0 heterocycles. The first kappa shape index (κ1) is 17.8. The van der Waals surface area contributed by atoms with Gasteiger partial charge in [-0.05, 0) is 12.3 Å². The number of aliphatic carboxylic acids is 1. The number of rotatable bonds is 8. The van der Waals surface area contributed by atoms with Crippen molar-refractivity contribution in [3.8, 4) is 0 Å². The minimum absolute atomic E-state index is 0.0302. The SMILES string of the molecule is CCC(C)[C@H](NC(=O)C(N)CCS(C)(=O)=O)C(=O)O. The number of hydrogen-bond acceptors (Lipinski definition) is 5. The fourth-order valence-electron chi connectivity index (χ4n) is 1.42. The summed E-state index contributed by atoms with van der Waals surface area (Å²) in [5, 5.41) is 11.4. The Labute approximate surface area is 113 Å². The van der Waals surface area contributed by atoms with Crippen LogP contribution in [-0.4, -0.2) is 49.5 Å². The van der Waals surface area contributed by atoms with Gasteiger partial charge in [0.2, 0.25) is 5.91 Å². The minimum atomic E-state index is -3.19. The molecular weight excluding hydrogens is 272 g/mol. The molecule has 0 spiro atoms. The molecule has 0 aliphatic heterocycles. The molecule has 0 saturated carbocycles. The fraction of sp³-hybridized carbons (Fsp3) is 0.818. The van der Waals surface area contributed by atoms with E-state index in [1.54, 1.807) is 6.92 Å². The molecule has 0 bridgehead atoms. The molecule has 0 aliphatic rings. The first-order chi connectivity index (χ1) is 8.58. The topological polar surface area (TPSA) is 127 Å². The highest BCUT2D eigenvalue weighted by Crippen LogP contribution is 2.08. The van der Waals surface area contributed by atoms with Gasteiger partial charge in [-0.3, -0.25) is 4.79 Å². The van der Waals surface area contributed by atoms with Gasteiger partial charge in [-0.15, -0.1) is 0 Å². The Morgan fingerprint density at radius 3 is 2.26 bits per heavy atom. The summed E-state index contributed by atoms with van der Waals surface area (Å²) in [4.78, 5) is 22.7. The number of nitrogens with one attached hydrogen (secondary N) is 1. The summed E-state index contributed by atoms with van der Waals surface area (Å²) >= 11 is 0. The molecule has 1 amide bonds. The van der Waals surface area contributed by atoms with Crippen molar-refractivity contribution in [3.63, 3.8) is 0 Å². The number of carboxylic acid groups (broad SMARTS) is 1. The van der Waals surface area contributed by atoms with Crippen LogP contribution in [0, 0.1) is 5.92 Å². The van der Waals surface area contributed by atoms with Gasteiger partial charge >= 0.3 is 5.97 Å². The standard InChI is InChI=1S/C11H22N2O5S/c1-4-7(2)9(11(15)16)13-10(14)8(12)5-6-19(3,17)18/h7-9H,4-6,12H2,1-3H3,(H,13,14)(H,15,16)/t7?,8?,9-/m0/s1. The molecule has 0 radical (unpaired) electrons. The van der Waals surface area contributed by atoms with Crippen LogP contribution in [0.15, 0.2) is 0 Å². The molecule has 0 aromatic heterocycles. The number of sulfone groups is 1. The zero-order valence-corrected chi connectivity index (χ0v) is 12.2. The molecule has 19 heavy (non-hydrogen) atoms. The van der Waals surface area contributed by atoms with Crippen LogP contribution in [0.5, 0.6) is 0 Å². The van der Waals surface area contributed by atoms with Gasteiger partial charge in [0.05, 0.1) is 11.8 Å². The molecular formula is C11H22N2O5S. The van der Waals surface area contributed by atoms with Gasteiger partial charge < -0.3 is 16.2 Å². The highest BCUT2D eigenvalue weighted by molar-refractivity contribution is 7.90. The van der Waals surface area contributed by atoms with Crippen molar-refractivity contribution >= 4 is 21.7 Å². The summed E-state index contributed by atoms with van der Waals surface area (Å²) in [6, 6.07) is -2.04. The second-order valence-corrected chi connectivity index (χ2v) is 6.99. The number of carbonyl (C=O) groups is 2. The van der Waals surface area contributed by atoms with Crippen LogP contribution in [0.4, 0.5) is 0 Å². The van der Waals surface area contributed by atoms with Crippen LogP contribution >= 0.6 is 0 Å². The van der Waals surface area contributed by atoms with Crippen LogP contribution < -0.4 is 11.1 Å². The van der Waals surface area contributed by atoms with E-state index < -0.39 is 33.8 Å². The number of hydrogen-bond donors (Lipinski definition) is 3. The normalized spacial score (nSPS) is 16.4. The van der Waals surface area contributed by atoms with Crippen molar-refractivity contribution in [1.82, 2.24) is 5.32 Å². The Bertz CT molecular complexity index is 421. The van der Waals surface area contributed by atoms with Crippen molar-refractivity contribution in [2.24, 2.45) is 11.7 Å². The largest absolute Gasteiger partial charge is 0.480 e. The van der Waals surface area contributed by atoms with Crippen molar-refractivity contribution in [3.05, 3.63) is 0 Å². The second-order valence-electron chi connectivity index (χ2n) is 4.74. The zero-order valence-electron chi connectivity index (χ0n) is 11.4. The zero-order chi connectivity index (χ0) is 15.2. The van der Waals surface area contributed by atoms with E-state index in [2.05, 4.69) is 5.32 Å². The molecule has 0 saturated heterocycles. The predicted molar refractivity (Wildman–Crippen MR) is 71.3 cm³/mol. The third-order valence-corrected chi connectivity index (χ3v) is 3.89. The van der Waals surface area contributed by atoms with Crippen molar-refractivity contribution in [2.45, 2.75) is 38.8 Å². The van der Waals surface area contributed by atoms with E-state index in [1.807, 2.05) is 6.92 Å². The van der Waals surface area contributed by atoms with Gasteiger partial charge in [0.1, 0.15) is 15.9 Å².